The van der Waals surface area contributed by atoms with Gasteiger partial charge in [-0.1, -0.05) is 5.92 Å². The summed E-state index contributed by atoms with van der Waals surface area (Å²) in [7, 11) is 0. The molecular formula is C12H16N2O2. The zero-order valence-electron chi connectivity index (χ0n) is 9.53. The van der Waals surface area contributed by atoms with Crippen LogP contribution in [0.4, 0.5) is 0 Å². The lowest BCUT2D eigenvalue weighted by Crippen LogP contribution is -2.35. The molecule has 0 bridgehead atoms. The second kappa shape index (κ2) is 6.87. The normalized spacial score (nSPS) is 18.4. The lowest BCUT2D eigenvalue weighted by molar-refractivity contribution is -0.125. The van der Waals surface area contributed by atoms with Crippen molar-refractivity contribution in [2.24, 2.45) is 5.92 Å². The SMILES string of the molecule is CC#CC(=O)N(CCC#N)CC1CCOC1. The Labute approximate surface area is 96.2 Å². The van der Waals surface area contributed by atoms with Crippen LogP contribution in [0.3, 0.4) is 0 Å². The van der Waals surface area contributed by atoms with Crippen LogP contribution in [0.1, 0.15) is 19.8 Å². The van der Waals surface area contributed by atoms with E-state index in [1.54, 1.807) is 11.8 Å². The van der Waals surface area contributed by atoms with Gasteiger partial charge in [0.2, 0.25) is 0 Å². The van der Waals surface area contributed by atoms with Gasteiger partial charge in [0, 0.05) is 25.6 Å². The van der Waals surface area contributed by atoms with Crippen LogP contribution >= 0.6 is 0 Å². The van der Waals surface area contributed by atoms with Crippen molar-refractivity contribution in [3.05, 3.63) is 0 Å². The first-order chi connectivity index (χ1) is 7.77. The minimum Gasteiger partial charge on any atom is -0.381 e. The van der Waals surface area contributed by atoms with E-state index in [0.717, 1.165) is 13.0 Å². The molecule has 4 heteroatoms. The van der Waals surface area contributed by atoms with E-state index in [9.17, 15) is 4.79 Å². The Morgan fingerprint density at radius 1 is 1.62 bits per heavy atom. The molecule has 1 rings (SSSR count). The van der Waals surface area contributed by atoms with Gasteiger partial charge in [0.15, 0.2) is 0 Å². The first-order valence-corrected chi connectivity index (χ1v) is 5.44. The summed E-state index contributed by atoms with van der Waals surface area (Å²) in [6.07, 6.45) is 1.33. The van der Waals surface area contributed by atoms with Gasteiger partial charge in [0.05, 0.1) is 19.1 Å². The smallest absolute Gasteiger partial charge is 0.298 e. The van der Waals surface area contributed by atoms with Gasteiger partial charge >= 0.3 is 0 Å². The largest absolute Gasteiger partial charge is 0.381 e. The number of nitriles is 1. The molecule has 1 aliphatic heterocycles. The molecule has 16 heavy (non-hydrogen) atoms. The number of carbonyl (C=O) groups is 1. The van der Waals surface area contributed by atoms with Crippen LogP contribution in [0.15, 0.2) is 0 Å². The summed E-state index contributed by atoms with van der Waals surface area (Å²) in [6.45, 7) is 4.22. The highest BCUT2D eigenvalue weighted by molar-refractivity contribution is 5.93. The van der Waals surface area contributed by atoms with Crippen LogP contribution < -0.4 is 0 Å². The Morgan fingerprint density at radius 2 is 2.44 bits per heavy atom. The first kappa shape index (κ1) is 12.5. The van der Waals surface area contributed by atoms with E-state index in [4.69, 9.17) is 10.00 Å². The molecule has 1 unspecified atom stereocenters. The van der Waals surface area contributed by atoms with E-state index in [0.29, 0.717) is 32.0 Å². The molecule has 0 aromatic carbocycles. The van der Waals surface area contributed by atoms with E-state index in [2.05, 4.69) is 11.8 Å². The topological polar surface area (TPSA) is 53.3 Å². The van der Waals surface area contributed by atoms with Gasteiger partial charge in [-0.15, -0.1) is 0 Å². The fourth-order valence-corrected chi connectivity index (χ4v) is 1.69. The Kier molecular flexibility index (Phi) is 5.39. The van der Waals surface area contributed by atoms with Crippen molar-refractivity contribution in [2.75, 3.05) is 26.3 Å². The van der Waals surface area contributed by atoms with Crippen molar-refractivity contribution < 1.29 is 9.53 Å². The molecule has 1 saturated heterocycles. The third-order valence-electron chi connectivity index (χ3n) is 2.52. The molecule has 1 aliphatic rings. The maximum atomic E-state index is 11.6. The standard InChI is InChI=1S/C12H16N2O2/c1-2-4-12(15)14(7-3-6-13)9-11-5-8-16-10-11/h11H,3,5,7-10H2,1H3. The van der Waals surface area contributed by atoms with Gasteiger partial charge in [-0.3, -0.25) is 4.79 Å². The molecule has 0 aliphatic carbocycles. The highest BCUT2D eigenvalue weighted by Gasteiger charge is 2.21. The summed E-state index contributed by atoms with van der Waals surface area (Å²) >= 11 is 0. The Balaban J connectivity index is 2.50. The van der Waals surface area contributed by atoms with Crippen LogP contribution in [-0.4, -0.2) is 37.1 Å². The number of carbonyl (C=O) groups excluding carboxylic acids is 1. The summed E-state index contributed by atoms with van der Waals surface area (Å²) in [5.41, 5.74) is 0. The van der Waals surface area contributed by atoms with E-state index in [1.807, 2.05) is 6.07 Å². The molecule has 0 aromatic rings. The van der Waals surface area contributed by atoms with Crippen LogP contribution in [-0.2, 0) is 9.53 Å². The average molecular weight is 220 g/mol. The zero-order chi connectivity index (χ0) is 11.8. The van der Waals surface area contributed by atoms with Crippen molar-refractivity contribution >= 4 is 5.91 Å². The predicted octanol–water partition coefficient (Wildman–Crippen LogP) is 0.788. The van der Waals surface area contributed by atoms with Crippen molar-refractivity contribution in [2.45, 2.75) is 19.8 Å². The molecule has 1 atom stereocenters. The third kappa shape index (κ3) is 3.92. The van der Waals surface area contributed by atoms with E-state index < -0.39 is 0 Å². The third-order valence-corrected chi connectivity index (χ3v) is 2.52. The van der Waals surface area contributed by atoms with E-state index in [-0.39, 0.29) is 5.91 Å². The predicted molar refractivity (Wildman–Crippen MR) is 59.2 cm³/mol. The lowest BCUT2D eigenvalue weighted by Gasteiger charge is -2.21. The van der Waals surface area contributed by atoms with Crippen LogP contribution in [0.5, 0.6) is 0 Å². The Morgan fingerprint density at radius 3 is 3.00 bits per heavy atom. The lowest BCUT2D eigenvalue weighted by atomic mass is 10.1. The molecule has 0 radical (unpaired) electrons. The maximum absolute atomic E-state index is 11.6. The Hall–Kier alpha value is -1.52. The van der Waals surface area contributed by atoms with Crippen LogP contribution in [0.25, 0.3) is 0 Å². The van der Waals surface area contributed by atoms with Crippen LogP contribution in [0, 0.1) is 29.1 Å². The van der Waals surface area contributed by atoms with Gasteiger partial charge in [0.1, 0.15) is 0 Å². The molecule has 1 amide bonds. The number of amides is 1. The fourth-order valence-electron chi connectivity index (χ4n) is 1.69. The highest BCUT2D eigenvalue weighted by atomic mass is 16.5. The second-order valence-electron chi connectivity index (χ2n) is 3.76. The summed E-state index contributed by atoms with van der Waals surface area (Å²) in [6, 6.07) is 2.05. The first-order valence-electron chi connectivity index (χ1n) is 5.44. The number of hydrogen-bond donors (Lipinski definition) is 0. The minimum absolute atomic E-state index is 0.190. The number of rotatable bonds is 4. The number of hydrogen-bond acceptors (Lipinski definition) is 3. The van der Waals surface area contributed by atoms with Gasteiger partial charge < -0.3 is 9.64 Å². The minimum atomic E-state index is -0.190. The summed E-state index contributed by atoms with van der Waals surface area (Å²) in [4.78, 5) is 13.3. The molecule has 0 aromatic heterocycles. The van der Waals surface area contributed by atoms with Crippen molar-refractivity contribution in [1.82, 2.24) is 4.90 Å². The molecule has 0 N–H and O–H groups in total. The monoisotopic (exact) mass is 220 g/mol. The van der Waals surface area contributed by atoms with Crippen LogP contribution in [0.2, 0.25) is 0 Å². The van der Waals surface area contributed by atoms with Gasteiger partial charge in [-0.05, 0) is 19.3 Å². The summed E-state index contributed by atoms with van der Waals surface area (Å²) in [5, 5.41) is 8.54. The molecule has 0 spiro atoms. The van der Waals surface area contributed by atoms with Gasteiger partial charge in [-0.2, -0.15) is 5.26 Å². The number of nitrogens with zero attached hydrogens (tertiary/aromatic N) is 2. The number of ether oxygens (including phenoxy) is 1. The molecule has 1 heterocycles. The molecular weight excluding hydrogens is 204 g/mol. The molecule has 4 nitrogen and oxygen atoms in total. The van der Waals surface area contributed by atoms with Gasteiger partial charge in [0.25, 0.3) is 5.91 Å². The van der Waals surface area contributed by atoms with Gasteiger partial charge in [-0.25, -0.2) is 0 Å². The molecule has 1 fully saturated rings. The quantitative estimate of drug-likeness (QED) is 0.658. The van der Waals surface area contributed by atoms with Crippen molar-refractivity contribution in [1.29, 1.82) is 5.26 Å². The summed E-state index contributed by atoms with van der Waals surface area (Å²) < 4.78 is 5.26. The summed E-state index contributed by atoms with van der Waals surface area (Å²) in [5.74, 6) is 5.31. The van der Waals surface area contributed by atoms with E-state index >= 15 is 0 Å². The molecule has 86 valence electrons. The average Bonchev–Trinajstić information content (AvgIpc) is 2.77. The van der Waals surface area contributed by atoms with Crippen molar-refractivity contribution in [3.8, 4) is 17.9 Å². The van der Waals surface area contributed by atoms with E-state index in [1.165, 1.54) is 0 Å². The maximum Gasteiger partial charge on any atom is 0.298 e. The second-order valence-corrected chi connectivity index (χ2v) is 3.76. The highest BCUT2D eigenvalue weighted by Crippen LogP contribution is 2.14. The zero-order valence-corrected chi connectivity index (χ0v) is 9.53. The van der Waals surface area contributed by atoms with Crippen molar-refractivity contribution in [3.63, 3.8) is 0 Å². The Bertz CT molecular complexity index is 329. The molecule has 0 saturated carbocycles. The fraction of sp³-hybridized carbons (Fsp3) is 0.667.